The molecular formula is C21H21N5O3. The van der Waals surface area contributed by atoms with Gasteiger partial charge in [-0.25, -0.2) is 10.00 Å². The fourth-order valence-electron chi connectivity index (χ4n) is 3.47. The van der Waals surface area contributed by atoms with Gasteiger partial charge in [-0.1, -0.05) is 24.3 Å². The van der Waals surface area contributed by atoms with Crippen molar-refractivity contribution in [2.45, 2.75) is 0 Å². The van der Waals surface area contributed by atoms with Gasteiger partial charge in [-0.3, -0.25) is 14.8 Å². The predicted molar refractivity (Wildman–Crippen MR) is 109 cm³/mol. The number of hydrogen-bond donors (Lipinski definition) is 2. The normalized spacial score (nSPS) is 14.5. The lowest BCUT2D eigenvalue weighted by molar-refractivity contribution is -0.124. The van der Waals surface area contributed by atoms with Crippen LogP contribution in [0.4, 0.5) is 5.69 Å². The molecule has 3 aromatic rings. The molecule has 1 saturated heterocycles. The number of para-hydroxylation sites is 1. The largest absolute Gasteiger partial charge is 0.367 e. The van der Waals surface area contributed by atoms with Gasteiger partial charge in [-0.2, -0.15) is 5.10 Å². The maximum atomic E-state index is 12.8. The lowest BCUT2D eigenvalue weighted by atomic mass is 10.1. The topological polar surface area (TPSA) is 90.2 Å². The Morgan fingerprint density at radius 1 is 1.03 bits per heavy atom. The number of carbonyl (C=O) groups is 2. The van der Waals surface area contributed by atoms with Gasteiger partial charge in [-0.15, -0.1) is 0 Å². The summed E-state index contributed by atoms with van der Waals surface area (Å²) >= 11 is 0. The van der Waals surface area contributed by atoms with Crippen molar-refractivity contribution < 1.29 is 14.8 Å². The molecule has 2 amide bonds. The number of nitrogens with zero attached hydrogens (tertiary/aromatic N) is 4. The van der Waals surface area contributed by atoms with E-state index in [1.807, 2.05) is 53.6 Å². The maximum Gasteiger partial charge on any atom is 0.274 e. The molecule has 0 saturated carbocycles. The molecular weight excluding hydrogens is 370 g/mol. The van der Waals surface area contributed by atoms with E-state index in [0.717, 1.165) is 16.8 Å². The van der Waals surface area contributed by atoms with Gasteiger partial charge < -0.3 is 9.80 Å². The minimum atomic E-state index is -0.581. The number of carbonyl (C=O) groups excluding carboxylic acids is 2. The number of nitrogens with one attached hydrogen (secondary N) is 1. The van der Waals surface area contributed by atoms with Crippen molar-refractivity contribution in [3.8, 4) is 0 Å². The summed E-state index contributed by atoms with van der Waals surface area (Å²) in [6, 6.07) is 15.2. The van der Waals surface area contributed by atoms with E-state index in [1.165, 1.54) is 6.08 Å². The molecule has 4 rings (SSSR count). The SMILES string of the molecule is O=C(C=Cc1ccccc1N1CCN(C(=O)c2cc3ccccn3n2)CC1)NO. The molecule has 8 heteroatoms. The lowest BCUT2D eigenvalue weighted by Gasteiger charge is -2.36. The van der Waals surface area contributed by atoms with Gasteiger partial charge in [-0.05, 0) is 35.9 Å². The highest BCUT2D eigenvalue weighted by atomic mass is 16.5. The number of piperazine rings is 1. The van der Waals surface area contributed by atoms with Gasteiger partial charge in [0.1, 0.15) is 0 Å². The van der Waals surface area contributed by atoms with Crippen LogP contribution in [-0.4, -0.2) is 57.7 Å². The van der Waals surface area contributed by atoms with Crippen molar-refractivity contribution in [1.82, 2.24) is 20.0 Å². The van der Waals surface area contributed by atoms with Gasteiger partial charge >= 0.3 is 0 Å². The van der Waals surface area contributed by atoms with E-state index >= 15 is 0 Å². The molecule has 0 atom stereocenters. The number of rotatable bonds is 4. The molecule has 0 spiro atoms. The highest BCUT2D eigenvalue weighted by Crippen LogP contribution is 2.23. The molecule has 148 valence electrons. The molecule has 0 aliphatic carbocycles. The molecule has 1 aromatic carbocycles. The van der Waals surface area contributed by atoms with Crippen LogP contribution >= 0.6 is 0 Å². The average Bonchev–Trinajstić information content (AvgIpc) is 3.21. The number of anilines is 1. The number of aromatic nitrogens is 2. The van der Waals surface area contributed by atoms with Crippen molar-refractivity contribution in [1.29, 1.82) is 0 Å². The molecule has 1 aliphatic heterocycles. The second-order valence-corrected chi connectivity index (χ2v) is 6.75. The number of hydroxylamine groups is 1. The van der Waals surface area contributed by atoms with Crippen LogP contribution in [0.1, 0.15) is 16.1 Å². The fraction of sp³-hybridized carbons (Fsp3) is 0.190. The molecule has 1 aliphatic rings. The standard InChI is InChI=1S/C21H21N5O3/c27-20(23-29)9-8-16-5-1-2-7-19(16)24-11-13-25(14-12-24)21(28)18-15-17-6-3-4-10-26(17)22-18/h1-10,15,29H,11-14H2,(H,23,27). The Balaban J connectivity index is 1.45. The third-order valence-electron chi connectivity index (χ3n) is 4.96. The van der Waals surface area contributed by atoms with Crippen LogP contribution < -0.4 is 10.4 Å². The Morgan fingerprint density at radius 2 is 1.79 bits per heavy atom. The third kappa shape index (κ3) is 3.97. The van der Waals surface area contributed by atoms with Crippen LogP contribution in [0.3, 0.4) is 0 Å². The van der Waals surface area contributed by atoms with Crippen LogP contribution in [0.5, 0.6) is 0 Å². The molecule has 2 N–H and O–H groups in total. The van der Waals surface area contributed by atoms with E-state index in [2.05, 4.69) is 10.00 Å². The predicted octanol–water partition coefficient (Wildman–Crippen LogP) is 1.82. The Labute approximate surface area is 167 Å². The van der Waals surface area contributed by atoms with Crippen LogP contribution in [0.2, 0.25) is 0 Å². The molecule has 2 aromatic heterocycles. The van der Waals surface area contributed by atoms with Crippen molar-refractivity contribution in [2.24, 2.45) is 0 Å². The Bertz CT molecular complexity index is 1030. The first-order valence-electron chi connectivity index (χ1n) is 9.35. The number of benzene rings is 1. The van der Waals surface area contributed by atoms with Crippen molar-refractivity contribution in [3.63, 3.8) is 0 Å². The van der Waals surface area contributed by atoms with Gasteiger partial charge in [0.2, 0.25) is 0 Å². The summed E-state index contributed by atoms with van der Waals surface area (Å²) in [5.74, 6) is -0.649. The van der Waals surface area contributed by atoms with E-state index in [4.69, 9.17) is 5.21 Å². The Kier molecular flexibility index (Phi) is 5.26. The maximum absolute atomic E-state index is 12.8. The smallest absolute Gasteiger partial charge is 0.274 e. The highest BCUT2D eigenvalue weighted by molar-refractivity contribution is 5.94. The first-order valence-corrected chi connectivity index (χ1v) is 9.35. The van der Waals surface area contributed by atoms with Crippen LogP contribution in [0, 0.1) is 0 Å². The molecule has 3 heterocycles. The van der Waals surface area contributed by atoms with E-state index in [9.17, 15) is 9.59 Å². The zero-order valence-electron chi connectivity index (χ0n) is 15.7. The average molecular weight is 391 g/mol. The monoisotopic (exact) mass is 391 g/mol. The molecule has 0 unspecified atom stereocenters. The van der Waals surface area contributed by atoms with E-state index in [0.29, 0.717) is 31.9 Å². The van der Waals surface area contributed by atoms with Gasteiger partial charge in [0.25, 0.3) is 11.8 Å². The summed E-state index contributed by atoms with van der Waals surface area (Å²) in [6.45, 7) is 2.52. The van der Waals surface area contributed by atoms with E-state index in [1.54, 1.807) is 22.1 Å². The number of fused-ring (bicyclic) bond motifs is 1. The molecule has 1 fully saturated rings. The number of pyridine rings is 1. The van der Waals surface area contributed by atoms with Gasteiger partial charge in [0.05, 0.1) is 5.52 Å². The number of hydrogen-bond acceptors (Lipinski definition) is 5. The fourth-order valence-corrected chi connectivity index (χ4v) is 3.47. The zero-order chi connectivity index (χ0) is 20.2. The van der Waals surface area contributed by atoms with Gasteiger partial charge in [0.15, 0.2) is 5.69 Å². The Morgan fingerprint density at radius 3 is 2.55 bits per heavy atom. The summed E-state index contributed by atoms with van der Waals surface area (Å²) in [6.07, 6.45) is 4.77. The molecule has 0 radical (unpaired) electrons. The molecule has 0 bridgehead atoms. The summed E-state index contributed by atoms with van der Waals surface area (Å²) in [7, 11) is 0. The summed E-state index contributed by atoms with van der Waals surface area (Å²) in [4.78, 5) is 28.1. The lowest BCUT2D eigenvalue weighted by Crippen LogP contribution is -2.49. The quantitative estimate of drug-likeness (QED) is 0.402. The van der Waals surface area contributed by atoms with Crippen LogP contribution in [-0.2, 0) is 4.79 Å². The summed E-state index contributed by atoms with van der Waals surface area (Å²) < 4.78 is 1.70. The molecule has 29 heavy (non-hydrogen) atoms. The first-order chi connectivity index (χ1) is 14.2. The molecule has 8 nitrogen and oxygen atoms in total. The number of amides is 2. The van der Waals surface area contributed by atoms with Crippen LogP contribution in [0.25, 0.3) is 11.6 Å². The summed E-state index contributed by atoms with van der Waals surface area (Å²) in [5, 5.41) is 13.0. The van der Waals surface area contributed by atoms with Crippen molar-refractivity contribution in [3.05, 3.63) is 72.1 Å². The van der Waals surface area contributed by atoms with E-state index < -0.39 is 5.91 Å². The van der Waals surface area contributed by atoms with E-state index in [-0.39, 0.29) is 5.91 Å². The van der Waals surface area contributed by atoms with Crippen molar-refractivity contribution in [2.75, 3.05) is 31.1 Å². The second-order valence-electron chi connectivity index (χ2n) is 6.75. The first kappa shape index (κ1) is 18.7. The van der Waals surface area contributed by atoms with Crippen LogP contribution in [0.15, 0.2) is 60.8 Å². The summed E-state index contributed by atoms with van der Waals surface area (Å²) in [5.41, 5.74) is 4.78. The Hall–Kier alpha value is -3.65. The third-order valence-corrected chi connectivity index (χ3v) is 4.96. The second kappa shape index (κ2) is 8.15. The van der Waals surface area contributed by atoms with Gasteiger partial charge in [0, 0.05) is 44.1 Å². The minimum absolute atomic E-state index is 0.0684. The minimum Gasteiger partial charge on any atom is -0.367 e. The highest BCUT2D eigenvalue weighted by Gasteiger charge is 2.24. The zero-order valence-corrected chi connectivity index (χ0v) is 15.7. The van der Waals surface area contributed by atoms with Crippen molar-refractivity contribution >= 4 is 29.1 Å².